The molecule has 0 spiro atoms. The van der Waals surface area contributed by atoms with Crippen LogP contribution < -0.4 is 10.6 Å². The normalized spacial score (nSPS) is 16.8. The highest BCUT2D eigenvalue weighted by Crippen LogP contribution is 2.50. The quantitative estimate of drug-likeness (QED) is 0.428. The molecular formula is C27H24ClN3O3. The Morgan fingerprint density at radius 2 is 1.59 bits per heavy atom. The molecule has 1 aliphatic carbocycles. The Labute approximate surface area is 201 Å². The number of imidazole rings is 1. The number of anilines is 1. The zero-order chi connectivity index (χ0) is 23.4. The van der Waals surface area contributed by atoms with Crippen molar-refractivity contribution in [3.05, 3.63) is 93.4 Å². The minimum Gasteiger partial charge on any atom is -0.478 e. The van der Waals surface area contributed by atoms with Crippen LogP contribution in [0.25, 0.3) is 16.7 Å². The molecule has 1 saturated heterocycles. The van der Waals surface area contributed by atoms with E-state index in [9.17, 15) is 14.7 Å². The predicted molar refractivity (Wildman–Crippen MR) is 134 cm³/mol. The third kappa shape index (κ3) is 3.24. The van der Waals surface area contributed by atoms with Crippen molar-refractivity contribution in [2.24, 2.45) is 0 Å². The number of hydrogen-bond acceptors (Lipinski definition) is 3. The maximum Gasteiger partial charge on any atom is 0.335 e. The number of nitrogens with zero attached hydrogens (tertiary/aromatic N) is 3. The Morgan fingerprint density at radius 3 is 2.26 bits per heavy atom. The number of carbonyl (C=O) groups is 1. The van der Waals surface area contributed by atoms with Crippen LogP contribution >= 0.6 is 11.6 Å². The van der Waals surface area contributed by atoms with Crippen LogP contribution in [-0.4, -0.2) is 33.3 Å². The van der Waals surface area contributed by atoms with E-state index in [4.69, 9.17) is 11.6 Å². The molecule has 1 aliphatic heterocycles. The number of rotatable bonds is 5. The van der Waals surface area contributed by atoms with Gasteiger partial charge in [-0.05, 0) is 85.8 Å². The molecule has 2 fully saturated rings. The molecule has 1 N–H and O–H groups in total. The lowest BCUT2D eigenvalue weighted by atomic mass is 10.0. The van der Waals surface area contributed by atoms with Crippen LogP contribution in [0.4, 0.5) is 5.69 Å². The maximum atomic E-state index is 14.0. The van der Waals surface area contributed by atoms with E-state index in [1.165, 1.54) is 18.5 Å². The van der Waals surface area contributed by atoms with Crippen LogP contribution in [0.3, 0.4) is 0 Å². The van der Waals surface area contributed by atoms with Gasteiger partial charge < -0.3 is 10.0 Å². The molecule has 3 aromatic carbocycles. The highest BCUT2D eigenvalue weighted by molar-refractivity contribution is 6.31. The Hall–Kier alpha value is -3.51. The second-order valence-electron chi connectivity index (χ2n) is 9.21. The van der Waals surface area contributed by atoms with Crippen LogP contribution in [0.5, 0.6) is 0 Å². The molecule has 4 aromatic rings. The monoisotopic (exact) mass is 473 g/mol. The number of benzene rings is 3. The number of carboxylic acids is 1. The molecule has 6 rings (SSSR count). The molecule has 2 heterocycles. The summed E-state index contributed by atoms with van der Waals surface area (Å²) in [7, 11) is 0. The third-order valence-electron chi connectivity index (χ3n) is 7.18. The summed E-state index contributed by atoms with van der Waals surface area (Å²) in [6.45, 7) is 2.12. The lowest BCUT2D eigenvalue weighted by molar-refractivity contribution is 0.0696. The second kappa shape index (κ2) is 7.77. The van der Waals surface area contributed by atoms with Gasteiger partial charge in [-0.3, -0.25) is 9.13 Å². The molecule has 0 atom stereocenters. The van der Waals surface area contributed by atoms with Gasteiger partial charge in [-0.1, -0.05) is 23.7 Å². The summed E-state index contributed by atoms with van der Waals surface area (Å²) in [6, 6.07) is 20.6. The van der Waals surface area contributed by atoms with Gasteiger partial charge in [0, 0.05) is 23.8 Å². The first-order valence-electron chi connectivity index (χ1n) is 11.6. The summed E-state index contributed by atoms with van der Waals surface area (Å²) in [6.07, 6.45) is 3.95. The Morgan fingerprint density at radius 1 is 0.882 bits per heavy atom. The van der Waals surface area contributed by atoms with Crippen molar-refractivity contribution in [2.45, 2.75) is 31.2 Å². The SMILES string of the molecule is O=C(O)c1cccc(C2(n3c(=O)n(-c4ccc(N5CCCC5)cc4)c4cc(Cl)ccc43)CC2)c1. The first kappa shape index (κ1) is 21.1. The molecule has 34 heavy (non-hydrogen) atoms. The van der Waals surface area contributed by atoms with Crippen molar-refractivity contribution < 1.29 is 9.90 Å². The Bertz CT molecular complexity index is 1480. The van der Waals surface area contributed by atoms with Gasteiger partial charge >= 0.3 is 11.7 Å². The molecule has 6 nitrogen and oxygen atoms in total. The first-order chi connectivity index (χ1) is 16.5. The fraction of sp³-hybridized carbons (Fsp3) is 0.259. The average molecular weight is 474 g/mol. The fourth-order valence-electron chi connectivity index (χ4n) is 5.32. The fourth-order valence-corrected chi connectivity index (χ4v) is 5.49. The molecule has 2 aliphatic rings. The molecule has 1 saturated carbocycles. The van der Waals surface area contributed by atoms with Gasteiger partial charge in [0.25, 0.3) is 0 Å². The molecule has 0 amide bonds. The second-order valence-corrected chi connectivity index (χ2v) is 9.65. The predicted octanol–water partition coefficient (Wildman–Crippen LogP) is 5.28. The van der Waals surface area contributed by atoms with E-state index in [0.717, 1.165) is 48.2 Å². The summed E-state index contributed by atoms with van der Waals surface area (Å²) in [4.78, 5) is 27.9. The number of hydrogen-bond donors (Lipinski definition) is 1. The molecule has 7 heteroatoms. The van der Waals surface area contributed by atoms with Gasteiger partial charge in [0.15, 0.2) is 0 Å². The highest BCUT2D eigenvalue weighted by Gasteiger charge is 2.49. The summed E-state index contributed by atoms with van der Waals surface area (Å²) in [5.74, 6) is -0.975. The number of fused-ring (bicyclic) bond motifs is 1. The number of carboxylic acid groups (broad SMARTS) is 1. The molecule has 0 unspecified atom stereocenters. The summed E-state index contributed by atoms with van der Waals surface area (Å²) >= 11 is 6.36. The van der Waals surface area contributed by atoms with Gasteiger partial charge in [-0.15, -0.1) is 0 Å². The van der Waals surface area contributed by atoms with Crippen LogP contribution in [-0.2, 0) is 5.54 Å². The van der Waals surface area contributed by atoms with Crippen molar-refractivity contribution in [1.82, 2.24) is 9.13 Å². The zero-order valence-corrected chi connectivity index (χ0v) is 19.3. The molecule has 0 bridgehead atoms. The van der Waals surface area contributed by atoms with Crippen molar-refractivity contribution >= 4 is 34.3 Å². The minimum absolute atomic E-state index is 0.149. The van der Waals surface area contributed by atoms with Gasteiger partial charge in [0.05, 0.1) is 27.8 Å². The summed E-state index contributed by atoms with van der Waals surface area (Å²) in [5, 5.41) is 10.0. The largest absolute Gasteiger partial charge is 0.478 e. The van der Waals surface area contributed by atoms with Gasteiger partial charge in [-0.2, -0.15) is 0 Å². The van der Waals surface area contributed by atoms with Gasteiger partial charge in [-0.25, -0.2) is 9.59 Å². The summed E-state index contributed by atoms with van der Waals surface area (Å²) in [5.41, 5.74) is 3.84. The van der Waals surface area contributed by atoms with Crippen LogP contribution in [0.2, 0.25) is 5.02 Å². The topological polar surface area (TPSA) is 67.5 Å². The van der Waals surface area contributed by atoms with E-state index in [2.05, 4.69) is 17.0 Å². The van der Waals surface area contributed by atoms with Gasteiger partial charge in [0.1, 0.15) is 0 Å². The smallest absolute Gasteiger partial charge is 0.335 e. The first-order valence-corrected chi connectivity index (χ1v) is 12.0. The van der Waals surface area contributed by atoms with E-state index in [0.29, 0.717) is 5.02 Å². The van der Waals surface area contributed by atoms with E-state index in [1.54, 1.807) is 28.8 Å². The number of aromatic carboxylic acids is 1. The third-order valence-corrected chi connectivity index (χ3v) is 7.41. The van der Waals surface area contributed by atoms with Crippen molar-refractivity contribution in [1.29, 1.82) is 0 Å². The summed E-state index contributed by atoms with van der Waals surface area (Å²) < 4.78 is 3.55. The van der Waals surface area contributed by atoms with Crippen LogP contribution in [0.1, 0.15) is 41.6 Å². The number of halogens is 1. The average Bonchev–Trinajstić information content (AvgIpc) is 3.33. The van der Waals surface area contributed by atoms with E-state index < -0.39 is 11.5 Å². The lowest BCUT2D eigenvalue weighted by Crippen LogP contribution is -2.32. The lowest BCUT2D eigenvalue weighted by Gasteiger charge is -2.19. The zero-order valence-electron chi connectivity index (χ0n) is 18.6. The van der Waals surface area contributed by atoms with Crippen molar-refractivity contribution in [2.75, 3.05) is 18.0 Å². The Kier molecular flexibility index (Phi) is 4.81. The molecule has 1 aromatic heterocycles. The van der Waals surface area contributed by atoms with Gasteiger partial charge in [0.2, 0.25) is 0 Å². The Balaban J connectivity index is 1.52. The van der Waals surface area contributed by atoms with Crippen LogP contribution in [0.15, 0.2) is 71.5 Å². The maximum absolute atomic E-state index is 14.0. The molecular weight excluding hydrogens is 450 g/mol. The van der Waals surface area contributed by atoms with Crippen LogP contribution in [0, 0.1) is 0 Å². The van der Waals surface area contributed by atoms with Crippen molar-refractivity contribution in [3.63, 3.8) is 0 Å². The minimum atomic E-state index is -0.975. The highest BCUT2D eigenvalue weighted by atomic mass is 35.5. The van der Waals surface area contributed by atoms with E-state index in [1.807, 2.05) is 34.9 Å². The van der Waals surface area contributed by atoms with E-state index >= 15 is 0 Å². The number of aromatic nitrogens is 2. The standard InChI is InChI=1S/C27H24ClN3O3/c28-20-6-11-23-24(17-20)30(22-9-7-21(8-10-22)29-14-1-2-15-29)26(34)31(23)27(12-13-27)19-5-3-4-18(16-19)25(32)33/h3-11,16-17H,1-2,12-15H2,(H,32,33). The molecule has 0 radical (unpaired) electrons. The van der Waals surface area contributed by atoms with Crippen molar-refractivity contribution in [3.8, 4) is 5.69 Å². The van der Waals surface area contributed by atoms with E-state index in [-0.39, 0.29) is 11.3 Å². The molecule has 172 valence electrons.